The minimum absolute atomic E-state index is 0.0947. The SMILES string of the molecule is O=C1/C(=C\c2c[nH]c3ccccc23)Oc2cc(OCc3ccccc3F)ccc21. The van der Waals surface area contributed by atoms with Gasteiger partial charge in [-0.1, -0.05) is 36.4 Å². The van der Waals surface area contributed by atoms with Crippen molar-refractivity contribution >= 4 is 22.8 Å². The molecule has 0 unspecified atom stereocenters. The first-order valence-electron chi connectivity index (χ1n) is 9.20. The number of hydrogen-bond acceptors (Lipinski definition) is 3. The van der Waals surface area contributed by atoms with E-state index in [0.29, 0.717) is 22.6 Å². The Kier molecular flexibility index (Phi) is 4.13. The van der Waals surface area contributed by atoms with Crippen LogP contribution in [0.1, 0.15) is 21.5 Å². The van der Waals surface area contributed by atoms with E-state index in [1.807, 2.05) is 30.5 Å². The maximum Gasteiger partial charge on any atom is 0.231 e. The average molecular weight is 385 g/mol. The molecule has 0 aliphatic carbocycles. The summed E-state index contributed by atoms with van der Waals surface area (Å²) in [7, 11) is 0. The molecule has 0 fully saturated rings. The zero-order valence-electron chi connectivity index (χ0n) is 15.3. The largest absolute Gasteiger partial charge is 0.489 e. The van der Waals surface area contributed by atoms with Crippen LogP contribution in [0.4, 0.5) is 4.39 Å². The van der Waals surface area contributed by atoms with Crippen molar-refractivity contribution in [2.75, 3.05) is 0 Å². The van der Waals surface area contributed by atoms with Crippen LogP contribution in [-0.2, 0) is 6.61 Å². The molecule has 5 heteroatoms. The van der Waals surface area contributed by atoms with Gasteiger partial charge in [0, 0.05) is 34.3 Å². The summed E-state index contributed by atoms with van der Waals surface area (Å²) >= 11 is 0. The first-order valence-corrected chi connectivity index (χ1v) is 9.20. The normalized spacial score (nSPS) is 14.2. The highest BCUT2D eigenvalue weighted by molar-refractivity contribution is 6.15. The number of allylic oxidation sites excluding steroid dienone is 1. The van der Waals surface area contributed by atoms with Crippen LogP contribution in [0.2, 0.25) is 0 Å². The number of hydrogen-bond donors (Lipinski definition) is 1. The van der Waals surface area contributed by atoms with Crippen LogP contribution in [0.25, 0.3) is 17.0 Å². The van der Waals surface area contributed by atoms with Gasteiger partial charge in [-0.2, -0.15) is 0 Å². The van der Waals surface area contributed by atoms with Crippen molar-refractivity contribution in [3.05, 3.63) is 101 Å². The Morgan fingerprint density at radius 1 is 1.03 bits per heavy atom. The molecule has 4 nitrogen and oxygen atoms in total. The Morgan fingerprint density at radius 2 is 1.86 bits per heavy atom. The third-order valence-electron chi connectivity index (χ3n) is 4.90. The van der Waals surface area contributed by atoms with Crippen LogP contribution >= 0.6 is 0 Å². The molecule has 0 amide bonds. The Morgan fingerprint density at radius 3 is 2.76 bits per heavy atom. The molecule has 29 heavy (non-hydrogen) atoms. The van der Waals surface area contributed by atoms with E-state index in [2.05, 4.69) is 4.98 Å². The highest BCUT2D eigenvalue weighted by Crippen LogP contribution is 2.35. The van der Waals surface area contributed by atoms with Gasteiger partial charge in [-0.05, 0) is 30.3 Å². The standard InChI is InChI=1S/C24H16FNO3/c25-20-7-3-1-5-15(20)14-28-17-9-10-19-22(12-17)29-23(24(19)27)11-16-13-26-21-8-4-2-6-18(16)21/h1-13,26H,14H2/b23-11+. The minimum atomic E-state index is -0.316. The topological polar surface area (TPSA) is 51.3 Å². The zero-order valence-corrected chi connectivity index (χ0v) is 15.3. The van der Waals surface area contributed by atoms with Crippen molar-refractivity contribution in [1.82, 2.24) is 4.98 Å². The van der Waals surface area contributed by atoms with Crippen molar-refractivity contribution in [3.63, 3.8) is 0 Å². The molecule has 0 atom stereocenters. The molecule has 0 bridgehead atoms. The number of nitrogens with one attached hydrogen (secondary N) is 1. The molecule has 1 N–H and O–H groups in total. The van der Waals surface area contributed by atoms with Crippen LogP contribution in [0.5, 0.6) is 11.5 Å². The van der Waals surface area contributed by atoms with Gasteiger partial charge < -0.3 is 14.5 Å². The fourth-order valence-corrected chi connectivity index (χ4v) is 3.39. The predicted octanol–water partition coefficient (Wildman–Crippen LogP) is 5.50. The molecule has 4 aromatic rings. The Labute approximate surface area is 166 Å². The number of para-hydroxylation sites is 1. The number of carbonyl (C=O) groups is 1. The zero-order chi connectivity index (χ0) is 19.8. The van der Waals surface area contributed by atoms with Gasteiger partial charge in [0.25, 0.3) is 0 Å². The summed E-state index contributed by atoms with van der Waals surface area (Å²) in [6.45, 7) is 0.0947. The van der Waals surface area contributed by atoms with Crippen LogP contribution in [0, 0.1) is 5.82 Å². The maximum absolute atomic E-state index is 13.7. The van der Waals surface area contributed by atoms with Crippen molar-refractivity contribution in [2.45, 2.75) is 6.61 Å². The van der Waals surface area contributed by atoms with Crippen LogP contribution in [0.3, 0.4) is 0 Å². The van der Waals surface area contributed by atoms with E-state index in [9.17, 15) is 9.18 Å². The number of benzene rings is 3. The monoisotopic (exact) mass is 385 g/mol. The first-order chi connectivity index (χ1) is 14.2. The second-order valence-electron chi connectivity index (χ2n) is 6.77. The lowest BCUT2D eigenvalue weighted by atomic mass is 10.1. The average Bonchev–Trinajstić information content (AvgIpc) is 3.29. The van der Waals surface area contributed by atoms with E-state index in [1.165, 1.54) is 6.07 Å². The molecule has 1 aliphatic rings. The summed E-state index contributed by atoms with van der Waals surface area (Å²) in [5.41, 5.74) is 2.82. The van der Waals surface area contributed by atoms with Crippen molar-refractivity contribution in [2.24, 2.45) is 0 Å². The van der Waals surface area contributed by atoms with Crippen LogP contribution in [0.15, 0.2) is 78.7 Å². The molecule has 1 aliphatic heterocycles. The van der Waals surface area contributed by atoms with Crippen molar-refractivity contribution in [1.29, 1.82) is 0 Å². The number of aromatic nitrogens is 1. The molecule has 0 saturated carbocycles. The van der Waals surface area contributed by atoms with Gasteiger partial charge in [-0.15, -0.1) is 0 Å². The second kappa shape index (κ2) is 6.95. The smallest absolute Gasteiger partial charge is 0.231 e. The first kappa shape index (κ1) is 17.3. The van der Waals surface area contributed by atoms with Gasteiger partial charge in [0.05, 0.1) is 5.56 Å². The van der Waals surface area contributed by atoms with E-state index >= 15 is 0 Å². The number of carbonyl (C=O) groups excluding carboxylic acids is 1. The summed E-state index contributed by atoms with van der Waals surface area (Å²) in [6, 6.07) is 19.3. The number of aromatic amines is 1. The number of ether oxygens (including phenoxy) is 2. The van der Waals surface area contributed by atoms with E-state index in [0.717, 1.165) is 16.5 Å². The summed E-state index contributed by atoms with van der Waals surface area (Å²) in [6.07, 6.45) is 3.58. The number of H-pyrrole nitrogens is 1. The fourth-order valence-electron chi connectivity index (χ4n) is 3.39. The van der Waals surface area contributed by atoms with Gasteiger partial charge >= 0.3 is 0 Å². The molecule has 0 spiro atoms. The van der Waals surface area contributed by atoms with Gasteiger partial charge in [0.15, 0.2) is 5.76 Å². The van der Waals surface area contributed by atoms with E-state index < -0.39 is 0 Å². The maximum atomic E-state index is 13.7. The predicted molar refractivity (Wildman–Crippen MR) is 108 cm³/mol. The number of rotatable bonds is 4. The minimum Gasteiger partial charge on any atom is -0.489 e. The van der Waals surface area contributed by atoms with Gasteiger partial charge in [0.2, 0.25) is 5.78 Å². The quantitative estimate of drug-likeness (QED) is 0.472. The third-order valence-corrected chi connectivity index (χ3v) is 4.90. The molecule has 1 aromatic heterocycles. The lowest BCUT2D eigenvalue weighted by molar-refractivity contribution is 0.101. The molecular formula is C24H16FNO3. The highest BCUT2D eigenvalue weighted by atomic mass is 19.1. The molecular weight excluding hydrogens is 369 g/mol. The summed E-state index contributed by atoms with van der Waals surface area (Å²) < 4.78 is 25.2. The summed E-state index contributed by atoms with van der Waals surface area (Å²) in [4.78, 5) is 15.9. The lowest BCUT2D eigenvalue weighted by Crippen LogP contribution is -1.98. The van der Waals surface area contributed by atoms with Crippen LogP contribution < -0.4 is 9.47 Å². The van der Waals surface area contributed by atoms with Crippen LogP contribution in [-0.4, -0.2) is 10.8 Å². The molecule has 5 rings (SSSR count). The van der Waals surface area contributed by atoms with Crippen molar-refractivity contribution < 1.29 is 18.7 Å². The van der Waals surface area contributed by atoms with Gasteiger partial charge in [-0.25, -0.2) is 4.39 Å². The summed E-state index contributed by atoms with van der Waals surface area (Å²) in [5, 5.41) is 1.02. The highest BCUT2D eigenvalue weighted by Gasteiger charge is 2.28. The Bertz CT molecular complexity index is 1270. The molecule has 2 heterocycles. The molecule has 0 radical (unpaired) electrons. The third kappa shape index (κ3) is 3.17. The molecule has 142 valence electrons. The number of halogens is 1. The van der Waals surface area contributed by atoms with Gasteiger partial charge in [0.1, 0.15) is 23.9 Å². The number of Topliss-reactive ketones (excluding diaryl/α,β-unsaturated/α-hetero) is 1. The van der Waals surface area contributed by atoms with Crippen molar-refractivity contribution in [3.8, 4) is 11.5 Å². The number of ketones is 1. The van der Waals surface area contributed by atoms with E-state index in [1.54, 1.807) is 42.5 Å². The second-order valence-corrected chi connectivity index (χ2v) is 6.77. The number of fused-ring (bicyclic) bond motifs is 2. The summed E-state index contributed by atoms with van der Waals surface area (Å²) in [5.74, 6) is 0.714. The van der Waals surface area contributed by atoms with E-state index in [-0.39, 0.29) is 24.0 Å². The van der Waals surface area contributed by atoms with Gasteiger partial charge in [-0.3, -0.25) is 4.79 Å². The Hall–Kier alpha value is -3.86. The lowest BCUT2D eigenvalue weighted by Gasteiger charge is -2.08. The Balaban J connectivity index is 1.39. The fraction of sp³-hybridized carbons (Fsp3) is 0.0417. The molecule has 0 saturated heterocycles. The molecule has 3 aromatic carbocycles. The van der Waals surface area contributed by atoms with E-state index in [4.69, 9.17) is 9.47 Å².